The molecule has 1 fully saturated rings. The monoisotopic (exact) mass is 482 g/mol. The van der Waals surface area contributed by atoms with Gasteiger partial charge in [-0.25, -0.2) is 4.79 Å². The minimum absolute atomic E-state index is 0.180. The topological polar surface area (TPSA) is 97.6 Å². The molecule has 2 aliphatic heterocycles. The largest absolute Gasteiger partial charge is 0.491 e. The van der Waals surface area contributed by atoms with E-state index < -0.39 is 5.60 Å². The highest BCUT2D eigenvalue weighted by atomic mass is 35.5. The Labute approximate surface area is 200 Å². The zero-order valence-electron chi connectivity index (χ0n) is 20.1. The first-order chi connectivity index (χ1) is 15.6. The molecule has 2 aliphatic rings. The predicted octanol–water partition coefficient (Wildman–Crippen LogP) is 2.78. The van der Waals surface area contributed by atoms with Gasteiger partial charge in [-0.1, -0.05) is 11.6 Å². The minimum atomic E-state index is -0.530. The molecule has 2 heterocycles. The summed E-state index contributed by atoms with van der Waals surface area (Å²) in [7, 11) is 3.38. The van der Waals surface area contributed by atoms with Gasteiger partial charge in [0.05, 0.1) is 35.2 Å². The van der Waals surface area contributed by atoms with Crippen molar-refractivity contribution in [1.82, 2.24) is 9.80 Å². The molecule has 0 unspecified atom stereocenters. The summed E-state index contributed by atoms with van der Waals surface area (Å²) < 4.78 is 17.0. The fourth-order valence-corrected chi connectivity index (χ4v) is 4.52. The van der Waals surface area contributed by atoms with Crippen LogP contribution in [0, 0.1) is 0 Å². The summed E-state index contributed by atoms with van der Waals surface area (Å²) in [4.78, 5) is 29.9. The minimum Gasteiger partial charge on any atom is -0.491 e. The average molecular weight is 483 g/mol. The van der Waals surface area contributed by atoms with Gasteiger partial charge in [0.1, 0.15) is 11.4 Å². The number of rotatable bonds is 7. The van der Waals surface area contributed by atoms with Crippen molar-refractivity contribution in [2.75, 3.05) is 57.6 Å². The standard InChI is InChI=1S/C23H35ClN4O5/c1-23(2,3)33-22(30)26(4)9-10-27-8-6-17(19(13-27)31-5)28(14-29)18-12-16(24)20(25)15-7-11-32-21(15)18/h12,14,17,19H,6-11,13,25H2,1-5H3/t17-,19+/m1/s1. The summed E-state index contributed by atoms with van der Waals surface area (Å²) in [6.45, 7) is 8.64. The first-order valence-electron chi connectivity index (χ1n) is 11.2. The average Bonchev–Trinajstić information content (AvgIpc) is 3.25. The van der Waals surface area contributed by atoms with Crippen LogP contribution >= 0.6 is 11.6 Å². The van der Waals surface area contributed by atoms with E-state index in [0.29, 0.717) is 61.2 Å². The Morgan fingerprint density at radius 1 is 1.42 bits per heavy atom. The van der Waals surface area contributed by atoms with Crippen LogP contribution in [-0.2, 0) is 20.7 Å². The first-order valence-corrected chi connectivity index (χ1v) is 11.6. The highest BCUT2D eigenvalue weighted by molar-refractivity contribution is 6.33. The second kappa shape index (κ2) is 10.4. The number of nitrogens with zero attached hydrogens (tertiary/aromatic N) is 3. The van der Waals surface area contributed by atoms with Crippen LogP contribution in [0.2, 0.25) is 5.02 Å². The molecule has 1 aromatic carbocycles. The van der Waals surface area contributed by atoms with E-state index in [1.165, 1.54) is 0 Å². The second-order valence-corrected chi connectivity index (χ2v) is 9.95. The maximum atomic E-state index is 12.2. The Bertz CT molecular complexity index is 875. The van der Waals surface area contributed by atoms with Gasteiger partial charge in [0, 0.05) is 52.3 Å². The lowest BCUT2D eigenvalue weighted by atomic mass is 9.98. The predicted molar refractivity (Wildman–Crippen MR) is 128 cm³/mol. The number of hydrogen-bond donors (Lipinski definition) is 1. The van der Waals surface area contributed by atoms with Crippen molar-refractivity contribution < 1.29 is 23.8 Å². The van der Waals surface area contributed by atoms with Crippen LogP contribution in [0.1, 0.15) is 32.8 Å². The van der Waals surface area contributed by atoms with Gasteiger partial charge in [-0.2, -0.15) is 0 Å². The van der Waals surface area contributed by atoms with Crippen molar-refractivity contribution in [3.05, 3.63) is 16.7 Å². The zero-order chi connectivity index (χ0) is 24.3. The number of nitrogens with two attached hydrogens (primary N) is 1. The normalized spacial score (nSPS) is 20.7. The number of carbonyl (C=O) groups excluding carboxylic acids is 2. The summed E-state index contributed by atoms with van der Waals surface area (Å²) in [5.74, 6) is 0.625. The summed E-state index contributed by atoms with van der Waals surface area (Å²) in [6, 6.07) is 1.52. The molecule has 33 heavy (non-hydrogen) atoms. The molecule has 10 heteroatoms. The lowest BCUT2D eigenvalue weighted by molar-refractivity contribution is -0.109. The highest BCUT2D eigenvalue weighted by Crippen LogP contribution is 2.44. The molecule has 1 aromatic rings. The fourth-order valence-electron chi connectivity index (χ4n) is 4.30. The molecule has 184 valence electrons. The van der Waals surface area contributed by atoms with Crippen molar-refractivity contribution in [1.29, 1.82) is 0 Å². The Morgan fingerprint density at radius 3 is 2.79 bits per heavy atom. The van der Waals surface area contributed by atoms with Gasteiger partial charge in [-0.15, -0.1) is 0 Å². The molecule has 0 saturated carbocycles. The van der Waals surface area contributed by atoms with Crippen molar-refractivity contribution in [2.45, 2.75) is 51.4 Å². The van der Waals surface area contributed by atoms with E-state index in [0.717, 1.165) is 18.5 Å². The van der Waals surface area contributed by atoms with E-state index in [2.05, 4.69) is 4.90 Å². The van der Waals surface area contributed by atoms with Crippen LogP contribution in [0.5, 0.6) is 5.75 Å². The third kappa shape index (κ3) is 5.83. The van der Waals surface area contributed by atoms with Crippen LogP contribution in [0.3, 0.4) is 0 Å². The van der Waals surface area contributed by atoms with E-state index in [1.807, 2.05) is 20.8 Å². The molecular weight excluding hydrogens is 448 g/mol. The summed E-state index contributed by atoms with van der Waals surface area (Å²) in [5.41, 5.74) is 7.57. The van der Waals surface area contributed by atoms with Crippen LogP contribution in [0.25, 0.3) is 0 Å². The number of halogens is 1. The molecule has 0 bridgehead atoms. The third-order valence-electron chi connectivity index (χ3n) is 6.07. The summed E-state index contributed by atoms with van der Waals surface area (Å²) >= 11 is 6.36. The van der Waals surface area contributed by atoms with E-state index >= 15 is 0 Å². The molecule has 3 rings (SSSR count). The molecule has 0 radical (unpaired) electrons. The number of carbonyl (C=O) groups is 2. The fraction of sp³-hybridized carbons (Fsp3) is 0.652. The Kier molecular flexibility index (Phi) is 7.97. The Hall–Kier alpha value is -2.23. The van der Waals surface area contributed by atoms with Crippen LogP contribution in [-0.4, -0.2) is 87.0 Å². The van der Waals surface area contributed by atoms with Gasteiger partial charge in [0.25, 0.3) is 0 Å². The summed E-state index contributed by atoms with van der Waals surface area (Å²) in [5, 5.41) is 0.415. The number of anilines is 2. The quantitative estimate of drug-likeness (QED) is 0.471. The van der Waals surface area contributed by atoms with E-state index in [-0.39, 0.29) is 18.2 Å². The van der Waals surface area contributed by atoms with Crippen molar-refractivity contribution in [3.8, 4) is 5.75 Å². The number of piperidine rings is 1. The maximum absolute atomic E-state index is 12.2. The molecule has 0 spiro atoms. The summed E-state index contributed by atoms with van der Waals surface area (Å²) in [6.07, 6.45) is 1.61. The van der Waals surface area contributed by atoms with Crippen molar-refractivity contribution in [2.24, 2.45) is 0 Å². The number of likely N-dealkylation sites (N-methyl/N-ethyl adjacent to an activating group) is 1. The number of hydrogen-bond acceptors (Lipinski definition) is 7. The second-order valence-electron chi connectivity index (χ2n) is 9.54. The van der Waals surface area contributed by atoms with Crippen molar-refractivity contribution >= 4 is 35.5 Å². The van der Waals surface area contributed by atoms with Gasteiger partial charge in [0.15, 0.2) is 0 Å². The van der Waals surface area contributed by atoms with Crippen LogP contribution in [0.4, 0.5) is 16.2 Å². The highest BCUT2D eigenvalue weighted by Gasteiger charge is 2.36. The van der Waals surface area contributed by atoms with Gasteiger partial charge in [0.2, 0.25) is 6.41 Å². The number of amides is 2. The molecule has 9 nitrogen and oxygen atoms in total. The van der Waals surface area contributed by atoms with Crippen LogP contribution < -0.4 is 15.4 Å². The SMILES string of the molecule is CO[C@H]1CN(CCN(C)C(=O)OC(C)(C)C)CC[C@H]1N(C=O)c1cc(Cl)c(N)c2c1OCC2. The molecule has 1 saturated heterocycles. The molecule has 0 aliphatic carbocycles. The van der Waals surface area contributed by atoms with E-state index in [9.17, 15) is 9.59 Å². The maximum Gasteiger partial charge on any atom is 0.410 e. The van der Waals surface area contributed by atoms with Gasteiger partial charge in [-0.3, -0.25) is 9.69 Å². The number of ether oxygens (including phenoxy) is 3. The van der Waals surface area contributed by atoms with Crippen LogP contribution in [0.15, 0.2) is 6.07 Å². The third-order valence-corrected chi connectivity index (χ3v) is 6.38. The zero-order valence-corrected chi connectivity index (χ0v) is 20.9. The van der Waals surface area contributed by atoms with Gasteiger partial charge in [-0.05, 0) is 33.3 Å². The number of methoxy groups -OCH3 is 1. The number of likely N-dealkylation sites (tertiary alicyclic amines) is 1. The lowest BCUT2D eigenvalue weighted by Gasteiger charge is -2.42. The van der Waals surface area contributed by atoms with Crippen molar-refractivity contribution in [3.63, 3.8) is 0 Å². The molecule has 2 atom stereocenters. The first kappa shape index (κ1) is 25.4. The molecule has 2 N–H and O–H groups in total. The Balaban J connectivity index is 1.67. The van der Waals surface area contributed by atoms with Gasteiger partial charge >= 0.3 is 6.09 Å². The van der Waals surface area contributed by atoms with E-state index in [4.69, 9.17) is 31.5 Å². The number of fused-ring (bicyclic) bond motifs is 1. The molecular formula is C23H35ClN4O5. The number of nitrogen functional groups attached to an aromatic ring is 1. The molecule has 0 aromatic heterocycles. The smallest absolute Gasteiger partial charge is 0.410 e. The molecule has 2 amide bonds. The van der Waals surface area contributed by atoms with Gasteiger partial charge < -0.3 is 29.7 Å². The Morgan fingerprint density at radius 2 is 2.15 bits per heavy atom. The number of benzene rings is 1. The lowest BCUT2D eigenvalue weighted by Crippen LogP contribution is -2.55. The van der Waals surface area contributed by atoms with E-state index in [1.54, 1.807) is 30.0 Å².